The van der Waals surface area contributed by atoms with E-state index < -0.39 is 23.7 Å². The van der Waals surface area contributed by atoms with E-state index in [-0.39, 0.29) is 4.91 Å². The van der Waals surface area contributed by atoms with E-state index in [4.69, 9.17) is 5.11 Å². The second-order valence-corrected chi connectivity index (χ2v) is 5.25. The van der Waals surface area contributed by atoms with E-state index in [2.05, 4.69) is 0 Å². The number of imide groups is 1. The van der Waals surface area contributed by atoms with Crippen LogP contribution < -0.4 is 0 Å². The SMILES string of the molecule is CCc1ccc(C=C2SC(=O)N(CC(=O)O)C2=O)cc1. The lowest BCUT2D eigenvalue weighted by Crippen LogP contribution is -2.33. The van der Waals surface area contributed by atoms with Gasteiger partial charge in [-0.25, -0.2) is 0 Å². The number of carboxylic acid groups (broad SMARTS) is 1. The molecule has 1 saturated heterocycles. The minimum Gasteiger partial charge on any atom is -0.480 e. The van der Waals surface area contributed by atoms with Gasteiger partial charge in [0.25, 0.3) is 11.1 Å². The molecule has 6 heteroatoms. The zero-order chi connectivity index (χ0) is 14.7. The molecule has 1 aliphatic heterocycles. The van der Waals surface area contributed by atoms with Crippen LogP contribution in [0.15, 0.2) is 29.2 Å². The van der Waals surface area contributed by atoms with Crippen LogP contribution in [0.1, 0.15) is 18.1 Å². The number of hydrogen-bond donors (Lipinski definition) is 1. The van der Waals surface area contributed by atoms with Gasteiger partial charge in [-0.15, -0.1) is 0 Å². The van der Waals surface area contributed by atoms with E-state index in [1.165, 1.54) is 5.56 Å². The smallest absolute Gasteiger partial charge is 0.323 e. The number of thioether (sulfide) groups is 1. The maximum atomic E-state index is 11.9. The van der Waals surface area contributed by atoms with Crippen molar-refractivity contribution in [3.63, 3.8) is 0 Å². The molecule has 104 valence electrons. The van der Waals surface area contributed by atoms with Gasteiger partial charge in [-0.2, -0.15) is 0 Å². The van der Waals surface area contributed by atoms with E-state index in [0.717, 1.165) is 28.6 Å². The van der Waals surface area contributed by atoms with Crippen LogP contribution in [0.5, 0.6) is 0 Å². The molecule has 0 bridgehead atoms. The van der Waals surface area contributed by atoms with Crippen LogP contribution in [0, 0.1) is 0 Å². The summed E-state index contributed by atoms with van der Waals surface area (Å²) in [4.78, 5) is 35.1. The second-order valence-electron chi connectivity index (χ2n) is 4.26. The van der Waals surface area contributed by atoms with E-state index in [1.54, 1.807) is 6.08 Å². The third kappa shape index (κ3) is 3.08. The Morgan fingerprint density at radius 2 is 1.95 bits per heavy atom. The van der Waals surface area contributed by atoms with Crippen LogP contribution in [-0.4, -0.2) is 33.7 Å². The maximum absolute atomic E-state index is 11.9. The number of carbonyl (C=O) groups is 3. The first kappa shape index (κ1) is 14.3. The van der Waals surface area contributed by atoms with Crippen molar-refractivity contribution >= 4 is 35.0 Å². The van der Waals surface area contributed by atoms with E-state index >= 15 is 0 Å². The summed E-state index contributed by atoms with van der Waals surface area (Å²) in [6.45, 7) is 1.45. The lowest BCUT2D eigenvalue weighted by Gasteiger charge is -2.07. The molecular weight excluding hydrogens is 278 g/mol. The van der Waals surface area contributed by atoms with Gasteiger partial charge in [-0.05, 0) is 35.4 Å². The number of amides is 2. The Morgan fingerprint density at radius 1 is 1.30 bits per heavy atom. The molecule has 2 rings (SSSR count). The van der Waals surface area contributed by atoms with Crippen molar-refractivity contribution in [2.24, 2.45) is 0 Å². The summed E-state index contributed by atoms with van der Waals surface area (Å²) < 4.78 is 0. The number of aryl methyl sites for hydroxylation is 1. The van der Waals surface area contributed by atoms with Crippen LogP contribution in [0.3, 0.4) is 0 Å². The zero-order valence-electron chi connectivity index (χ0n) is 10.8. The number of nitrogens with zero attached hydrogens (tertiary/aromatic N) is 1. The standard InChI is InChI=1S/C14H13NO4S/c1-2-9-3-5-10(6-4-9)7-11-13(18)15(8-12(16)17)14(19)20-11/h3-7H,2,8H2,1H3,(H,16,17). The van der Waals surface area contributed by atoms with Gasteiger partial charge in [0.2, 0.25) is 0 Å². The lowest BCUT2D eigenvalue weighted by molar-refractivity contribution is -0.140. The largest absolute Gasteiger partial charge is 0.480 e. The number of carbonyl (C=O) groups excluding carboxylic acids is 2. The van der Waals surface area contributed by atoms with E-state index in [1.807, 2.05) is 31.2 Å². The predicted octanol–water partition coefficient (Wildman–Crippen LogP) is 2.37. The van der Waals surface area contributed by atoms with E-state index in [0.29, 0.717) is 0 Å². The number of carboxylic acids is 1. The molecule has 0 saturated carbocycles. The molecule has 0 radical (unpaired) electrons. The van der Waals surface area contributed by atoms with Gasteiger partial charge in [0, 0.05) is 0 Å². The summed E-state index contributed by atoms with van der Waals surface area (Å²) in [7, 11) is 0. The second kappa shape index (κ2) is 5.92. The Bertz CT molecular complexity index is 592. The number of aliphatic carboxylic acids is 1. The van der Waals surface area contributed by atoms with Crippen LogP contribution in [0.4, 0.5) is 4.79 Å². The average molecular weight is 291 g/mol. The third-order valence-electron chi connectivity index (χ3n) is 2.85. The summed E-state index contributed by atoms with van der Waals surface area (Å²) >= 11 is 0.764. The molecule has 20 heavy (non-hydrogen) atoms. The van der Waals surface area contributed by atoms with Crippen molar-refractivity contribution in [1.82, 2.24) is 4.90 Å². The monoisotopic (exact) mass is 291 g/mol. The first-order valence-electron chi connectivity index (χ1n) is 6.07. The summed E-state index contributed by atoms with van der Waals surface area (Å²) in [6, 6.07) is 7.63. The van der Waals surface area contributed by atoms with Gasteiger partial charge in [0.1, 0.15) is 6.54 Å². The normalized spacial score (nSPS) is 17.1. The van der Waals surface area contributed by atoms with Gasteiger partial charge >= 0.3 is 5.97 Å². The van der Waals surface area contributed by atoms with Crippen molar-refractivity contribution in [2.45, 2.75) is 13.3 Å². The predicted molar refractivity (Wildman–Crippen MR) is 76.1 cm³/mol. The Hall–Kier alpha value is -2.08. The molecule has 1 N–H and O–H groups in total. The number of rotatable bonds is 4. The molecule has 0 spiro atoms. The molecule has 5 nitrogen and oxygen atoms in total. The van der Waals surface area contributed by atoms with E-state index in [9.17, 15) is 14.4 Å². The number of benzene rings is 1. The minimum atomic E-state index is -1.21. The fraction of sp³-hybridized carbons (Fsp3) is 0.214. The van der Waals surface area contributed by atoms with Crippen LogP contribution in [-0.2, 0) is 16.0 Å². The molecule has 1 aliphatic rings. The molecule has 2 amide bonds. The Morgan fingerprint density at radius 3 is 2.50 bits per heavy atom. The molecule has 1 aromatic carbocycles. The maximum Gasteiger partial charge on any atom is 0.323 e. The summed E-state index contributed by atoms with van der Waals surface area (Å²) in [5.74, 6) is -1.76. The fourth-order valence-electron chi connectivity index (χ4n) is 1.77. The molecule has 1 heterocycles. The Balaban J connectivity index is 2.20. The molecular formula is C14H13NO4S. The van der Waals surface area contributed by atoms with Crippen molar-refractivity contribution in [3.8, 4) is 0 Å². The Labute approximate surface area is 120 Å². The van der Waals surface area contributed by atoms with Gasteiger partial charge in [0.15, 0.2) is 0 Å². The first-order chi connectivity index (χ1) is 9.51. The van der Waals surface area contributed by atoms with Gasteiger partial charge < -0.3 is 5.11 Å². The van der Waals surface area contributed by atoms with Crippen molar-refractivity contribution in [3.05, 3.63) is 40.3 Å². The third-order valence-corrected chi connectivity index (χ3v) is 3.76. The fourth-order valence-corrected chi connectivity index (χ4v) is 2.61. The molecule has 1 aromatic rings. The van der Waals surface area contributed by atoms with Gasteiger partial charge in [0.05, 0.1) is 4.91 Å². The summed E-state index contributed by atoms with van der Waals surface area (Å²) in [6.07, 6.45) is 2.53. The van der Waals surface area contributed by atoms with Gasteiger partial charge in [-0.3, -0.25) is 19.3 Å². The summed E-state index contributed by atoms with van der Waals surface area (Å²) in [5, 5.41) is 8.12. The number of hydrogen-bond acceptors (Lipinski definition) is 4. The zero-order valence-corrected chi connectivity index (χ0v) is 11.6. The topological polar surface area (TPSA) is 74.7 Å². The first-order valence-corrected chi connectivity index (χ1v) is 6.89. The molecule has 1 fully saturated rings. The highest BCUT2D eigenvalue weighted by Gasteiger charge is 2.36. The molecule has 0 aromatic heterocycles. The van der Waals surface area contributed by atoms with Crippen LogP contribution in [0.2, 0.25) is 0 Å². The highest BCUT2D eigenvalue weighted by atomic mass is 32.2. The van der Waals surface area contributed by atoms with Crippen LogP contribution >= 0.6 is 11.8 Å². The minimum absolute atomic E-state index is 0.250. The molecule has 0 aliphatic carbocycles. The molecule has 0 unspecified atom stereocenters. The van der Waals surface area contributed by atoms with Crippen molar-refractivity contribution < 1.29 is 19.5 Å². The van der Waals surface area contributed by atoms with Crippen LogP contribution in [0.25, 0.3) is 6.08 Å². The van der Waals surface area contributed by atoms with Gasteiger partial charge in [-0.1, -0.05) is 31.2 Å². The highest BCUT2D eigenvalue weighted by Crippen LogP contribution is 2.31. The van der Waals surface area contributed by atoms with Crippen molar-refractivity contribution in [2.75, 3.05) is 6.54 Å². The quantitative estimate of drug-likeness (QED) is 0.862. The molecule has 0 atom stereocenters. The Kier molecular flexibility index (Phi) is 4.24. The highest BCUT2D eigenvalue weighted by molar-refractivity contribution is 8.18. The summed E-state index contributed by atoms with van der Waals surface area (Å²) in [5.41, 5.74) is 1.99. The van der Waals surface area contributed by atoms with Crippen molar-refractivity contribution in [1.29, 1.82) is 0 Å². The average Bonchev–Trinajstić information content (AvgIpc) is 2.67. The lowest BCUT2D eigenvalue weighted by atomic mass is 10.1.